The average Bonchev–Trinajstić information content (AvgIpc) is 4.11. The van der Waals surface area contributed by atoms with E-state index in [-0.39, 0.29) is 58.4 Å². The number of benzene rings is 2. The van der Waals surface area contributed by atoms with Crippen LogP contribution in [0.2, 0.25) is 0 Å². The van der Waals surface area contributed by atoms with E-state index in [0.717, 1.165) is 99.7 Å². The van der Waals surface area contributed by atoms with E-state index in [4.69, 9.17) is 18.5 Å². The molecule has 0 radical (unpaired) electrons. The van der Waals surface area contributed by atoms with Crippen LogP contribution >= 0.6 is 0 Å². The molecular formula is C46H50F6N4O7. The summed E-state index contributed by atoms with van der Waals surface area (Å²) in [4.78, 5) is 12.1. The smallest absolute Gasteiger partial charge is 0.405 e. The monoisotopic (exact) mass is 884 g/mol. The summed E-state index contributed by atoms with van der Waals surface area (Å²) in [6.07, 6.45) is 2.15. The van der Waals surface area contributed by atoms with Crippen molar-refractivity contribution in [1.82, 2.24) is 20.9 Å². The molecule has 2 aromatic carbocycles. The van der Waals surface area contributed by atoms with Gasteiger partial charge in [-0.05, 0) is 101 Å². The summed E-state index contributed by atoms with van der Waals surface area (Å²) in [6, 6.07) is 12.6. The normalized spacial score (nSPS) is 27.4. The number of aromatic nitrogens is 2. The molecule has 17 heteroatoms. The van der Waals surface area contributed by atoms with Gasteiger partial charge in [-0.3, -0.25) is 4.79 Å². The number of halogens is 6. The predicted octanol–water partition coefficient (Wildman–Crippen LogP) is 10.1. The molecular weight excluding hydrogens is 835 g/mol. The first kappa shape index (κ1) is 42.5. The fourth-order valence-electron chi connectivity index (χ4n) is 11.0. The van der Waals surface area contributed by atoms with Gasteiger partial charge in [-0.2, -0.15) is 0 Å². The molecule has 0 amide bonds. The van der Waals surface area contributed by atoms with Crippen molar-refractivity contribution in [2.24, 2.45) is 23.7 Å². The number of carbonyl (C=O) groups excluding carboxylic acids is 1. The van der Waals surface area contributed by atoms with E-state index in [2.05, 4.69) is 30.4 Å². The van der Waals surface area contributed by atoms with Crippen LogP contribution in [0.15, 0.2) is 57.6 Å². The summed E-state index contributed by atoms with van der Waals surface area (Å²) in [5.74, 6) is 2.56. The van der Waals surface area contributed by atoms with Gasteiger partial charge >= 0.3 is 12.7 Å². The number of ketones is 1. The molecule has 6 aliphatic carbocycles. The molecule has 11 nitrogen and oxygen atoms in total. The van der Waals surface area contributed by atoms with Gasteiger partial charge in [-0.1, -0.05) is 34.6 Å². The molecule has 7 aliphatic rings. The van der Waals surface area contributed by atoms with E-state index in [1.807, 2.05) is 0 Å². The third-order valence-corrected chi connectivity index (χ3v) is 14.1. The van der Waals surface area contributed by atoms with Gasteiger partial charge in [-0.15, -0.1) is 26.3 Å². The lowest BCUT2D eigenvalue weighted by Gasteiger charge is -2.42. The van der Waals surface area contributed by atoms with Crippen LogP contribution < -0.4 is 20.1 Å². The molecule has 11 rings (SSSR count). The Kier molecular flexibility index (Phi) is 11.4. The topological polar surface area (TPSA) is 130 Å². The van der Waals surface area contributed by atoms with Crippen molar-refractivity contribution in [2.75, 3.05) is 13.2 Å². The van der Waals surface area contributed by atoms with E-state index in [0.29, 0.717) is 55.3 Å². The molecule has 2 aromatic heterocycles. The summed E-state index contributed by atoms with van der Waals surface area (Å²) < 4.78 is 109. The second-order valence-electron chi connectivity index (χ2n) is 18.2. The lowest BCUT2D eigenvalue weighted by molar-refractivity contribution is -0.275. The zero-order valence-electron chi connectivity index (χ0n) is 34.6. The second-order valence-corrected chi connectivity index (χ2v) is 18.2. The van der Waals surface area contributed by atoms with Crippen molar-refractivity contribution in [3.05, 3.63) is 71.2 Å². The first-order chi connectivity index (χ1) is 30.3. The van der Waals surface area contributed by atoms with Crippen LogP contribution in [0.3, 0.4) is 0 Å². The van der Waals surface area contributed by atoms with Crippen molar-refractivity contribution in [3.63, 3.8) is 0 Å². The third kappa shape index (κ3) is 8.99. The van der Waals surface area contributed by atoms with Crippen molar-refractivity contribution in [1.29, 1.82) is 0 Å². The zero-order valence-corrected chi connectivity index (χ0v) is 34.6. The standard InChI is InChI=1S/C24H27F3N2O4.C22H23F3N2O3/c25-24(26,27)32-20-4-2-1-3-18(20)21-19(22(33-29-21)14-5-6-14)13-28-17-11-15-7-8-16(12-17)23(15)30-9-10-31-23;23-22(24,25)29-18-4-2-1-3-16(18)19-17(21(30-27-19)12-5-6-12)11-26-15-9-13-7-8-14(10-15)20(13)28/h1-4,14-17,28H,5-13H2;1-4,12-15,26H,5-11H2. The Morgan fingerprint density at radius 1 is 0.587 bits per heavy atom. The van der Waals surface area contributed by atoms with Crippen LogP contribution in [0, 0.1) is 23.7 Å². The Hall–Kier alpha value is -4.45. The molecule has 4 atom stereocenters. The lowest BCUT2D eigenvalue weighted by atomic mass is 9.79. The summed E-state index contributed by atoms with van der Waals surface area (Å²) in [5, 5.41) is 15.5. The number of hydrogen-bond acceptors (Lipinski definition) is 11. The fourth-order valence-corrected chi connectivity index (χ4v) is 11.0. The molecule has 7 fully saturated rings. The van der Waals surface area contributed by atoms with Crippen LogP contribution in [0.5, 0.6) is 11.5 Å². The molecule has 3 heterocycles. The average molecular weight is 885 g/mol. The van der Waals surface area contributed by atoms with E-state index >= 15 is 0 Å². The highest BCUT2D eigenvalue weighted by molar-refractivity contribution is 5.86. The molecule has 338 valence electrons. The van der Waals surface area contributed by atoms with Gasteiger partial charge < -0.3 is 38.6 Å². The lowest BCUT2D eigenvalue weighted by Crippen LogP contribution is -2.50. The van der Waals surface area contributed by atoms with Gasteiger partial charge in [0.1, 0.15) is 40.2 Å². The van der Waals surface area contributed by atoms with Crippen LogP contribution in [-0.2, 0) is 27.4 Å². The van der Waals surface area contributed by atoms with Gasteiger partial charge in [0.15, 0.2) is 5.79 Å². The molecule has 2 N–H and O–H groups in total. The summed E-state index contributed by atoms with van der Waals surface area (Å²) >= 11 is 0. The van der Waals surface area contributed by atoms with Gasteiger partial charge in [0.25, 0.3) is 0 Å². The fraction of sp³-hybridized carbons (Fsp3) is 0.587. The highest BCUT2D eigenvalue weighted by Crippen LogP contribution is 2.54. The molecule has 6 saturated carbocycles. The number of hydrogen-bond donors (Lipinski definition) is 2. The molecule has 4 unspecified atom stereocenters. The summed E-state index contributed by atoms with van der Waals surface area (Å²) in [5.41, 5.74) is 2.98. The minimum Gasteiger partial charge on any atom is -0.405 e. The number of fused-ring (bicyclic) bond motifs is 2. The van der Waals surface area contributed by atoms with Gasteiger partial charge in [0, 0.05) is 82.9 Å². The van der Waals surface area contributed by atoms with Crippen molar-refractivity contribution < 1.29 is 59.1 Å². The summed E-state index contributed by atoms with van der Waals surface area (Å²) in [6.45, 7) is 2.27. The minimum atomic E-state index is -4.79. The number of rotatable bonds is 12. The number of ether oxygens (including phenoxy) is 4. The maximum atomic E-state index is 13.0. The first-order valence-corrected chi connectivity index (χ1v) is 22.3. The third-order valence-electron chi connectivity index (χ3n) is 14.1. The van der Waals surface area contributed by atoms with Crippen LogP contribution in [0.1, 0.15) is 112 Å². The predicted molar refractivity (Wildman–Crippen MR) is 213 cm³/mol. The molecule has 1 saturated heterocycles. The Balaban J connectivity index is 0.000000150. The molecule has 1 spiro atoms. The Morgan fingerprint density at radius 2 is 1.00 bits per heavy atom. The molecule has 4 aromatic rings. The van der Waals surface area contributed by atoms with Gasteiger partial charge in [0.2, 0.25) is 0 Å². The maximum Gasteiger partial charge on any atom is 0.573 e. The van der Waals surface area contributed by atoms with E-state index in [1.54, 1.807) is 24.3 Å². The van der Waals surface area contributed by atoms with Crippen molar-refractivity contribution >= 4 is 5.78 Å². The van der Waals surface area contributed by atoms with Crippen molar-refractivity contribution in [3.8, 4) is 34.0 Å². The Bertz CT molecular complexity index is 2250. The first-order valence-electron chi connectivity index (χ1n) is 22.3. The zero-order chi connectivity index (χ0) is 43.5. The number of para-hydroxylation sites is 2. The van der Waals surface area contributed by atoms with E-state index in [1.165, 1.54) is 24.3 Å². The van der Waals surface area contributed by atoms with Crippen molar-refractivity contribution in [2.45, 2.75) is 133 Å². The molecule has 63 heavy (non-hydrogen) atoms. The van der Waals surface area contributed by atoms with Crippen LogP contribution in [-0.4, -0.2) is 59.9 Å². The van der Waals surface area contributed by atoms with Crippen LogP contribution in [0.4, 0.5) is 26.3 Å². The second kappa shape index (κ2) is 16.8. The van der Waals surface area contributed by atoms with Gasteiger partial charge in [0.05, 0.1) is 13.2 Å². The SMILES string of the molecule is FC(F)(F)Oc1ccccc1-c1noc(C2CC2)c1CNC1CC2CCC(C1)C21OCCO1.O=C1C2CCC1CC(NCc1c(-c3ccccc3OC(F)(F)F)noc1C1CC1)C2. The number of nitrogens with one attached hydrogen (secondary N) is 2. The molecule has 4 bridgehead atoms. The largest absolute Gasteiger partial charge is 0.573 e. The summed E-state index contributed by atoms with van der Waals surface area (Å²) in [7, 11) is 0. The highest BCUT2D eigenvalue weighted by Gasteiger charge is 2.58. The molecule has 1 aliphatic heterocycles. The van der Waals surface area contributed by atoms with Crippen LogP contribution in [0.25, 0.3) is 22.5 Å². The Morgan fingerprint density at radius 3 is 1.43 bits per heavy atom. The number of nitrogens with zero attached hydrogens (tertiary/aromatic N) is 2. The highest BCUT2D eigenvalue weighted by atomic mass is 19.4. The quantitative estimate of drug-likeness (QED) is 0.132. The Labute approximate surface area is 359 Å². The number of carbonyl (C=O) groups is 1. The van der Waals surface area contributed by atoms with E-state index < -0.39 is 18.5 Å². The number of Topliss-reactive ketones (excluding diaryl/α,β-unsaturated/α-hetero) is 1. The van der Waals surface area contributed by atoms with E-state index in [9.17, 15) is 31.1 Å². The maximum absolute atomic E-state index is 13.0. The number of alkyl halides is 6. The van der Waals surface area contributed by atoms with Gasteiger partial charge in [-0.25, -0.2) is 0 Å². The minimum absolute atomic E-state index is 0.145.